The molecule has 0 radical (unpaired) electrons. The largest absolute Gasteiger partial charge is 0.325 e. The zero-order chi connectivity index (χ0) is 15.4. The SMILES string of the molecule is C[C@H](Sc1ccc(F)cc1F)C(=O)Nc1cccc(F)c1. The molecule has 0 heterocycles. The van der Waals surface area contributed by atoms with Crippen LogP contribution in [0.2, 0.25) is 0 Å². The third-order valence-electron chi connectivity index (χ3n) is 2.66. The third-order valence-corrected chi connectivity index (χ3v) is 3.81. The Hall–Kier alpha value is -1.95. The lowest BCUT2D eigenvalue weighted by Gasteiger charge is -2.12. The first-order chi connectivity index (χ1) is 9.95. The summed E-state index contributed by atoms with van der Waals surface area (Å²) in [6, 6.07) is 8.65. The van der Waals surface area contributed by atoms with Crippen LogP contribution in [0.5, 0.6) is 0 Å². The van der Waals surface area contributed by atoms with E-state index in [0.717, 1.165) is 23.9 Å². The van der Waals surface area contributed by atoms with E-state index < -0.39 is 28.6 Å². The second-order valence-electron chi connectivity index (χ2n) is 4.33. The van der Waals surface area contributed by atoms with Crippen molar-refractivity contribution >= 4 is 23.4 Å². The number of hydrogen-bond donors (Lipinski definition) is 1. The lowest BCUT2D eigenvalue weighted by molar-refractivity contribution is -0.115. The van der Waals surface area contributed by atoms with E-state index in [4.69, 9.17) is 0 Å². The molecule has 0 aliphatic rings. The number of benzene rings is 2. The van der Waals surface area contributed by atoms with Gasteiger partial charge in [-0.2, -0.15) is 0 Å². The summed E-state index contributed by atoms with van der Waals surface area (Å²) >= 11 is 0.963. The fraction of sp³-hybridized carbons (Fsp3) is 0.133. The summed E-state index contributed by atoms with van der Waals surface area (Å²) in [5.74, 6) is -2.24. The molecule has 1 amide bonds. The molecule has 110 valence electrons. The minimum absolute atomic E-state index is 0.179. The maximum Gasteiger partial charge on any atom is 0.237 e. The Labute approximate surface area is 124 Å². The number of carbonyl (C=O) groups excluding carboxylic acids is 1. The van der Waals surface area contributed by atoms with Crippen LogP contribution >= 0.6 is 11.8 Å². The van der Waals surface area contributed by atoms with Crippen LogP contribution < -0.4 is 5.32 Å². The van der Waals surface area contributed by atoms with Gasteiger partial charge in [-0.15, -0.1) is 11.8 Å². The summed E-state index contributed by atoms with van der Waals surface area (Å²) in [5.41, 5.74) is 0.326. The van der Waals surface area contributed by atoms with Gasteiger partial charge in [-0.3, -0.25) is 4.79 Å². The Kier molecular flexibility index (Phi) is 4.90. The molecule has 0 fully saturated rings. The van der Waals surface area contributed by atoms with E-state index >= 15 is 0 Å². The molecule has 0 spiro atoms. The van der Waals surface area contributed by atoms with E-state index in [1.54, 1.807) is 13.0 Å². The molecule has 0 aliphatic carbocycles. The van der Waals surface area contributed by atoms with Crippen molar-refractivity contribution in [2.45, 2.75) is 17.1 Å². The number of anilines is 1. The highest BCUT2D eigenvalue weighted by Gasteiger charge is 2.17. The molecule has 2 rings (SSSR count). The monoisotopic (exact) mass is 311 g/mol. The van der Waals surface area contributed by atoms with E-state index in [1.165, 1.54) is 24.3 Å². The Bertz CT molecular complexity index is 663. The highest BCUT2D eigenvalue weighted by Crippen LogP contribution is 2.27. The van der Waals surface area contributed by atoms with Crippen LogP contribution in [0.3, 0.4) is 0 Å². The smallest absolute Gasteiger partial charge is 0.237 e. The van der Waals surface area contributed by atoms with Gasteiger partial charge in [0.1, 0.15) is 17.5 Å². The second kappa shape index (κ2) is 6.67. The fourth-order valence-electron chi connectivity index (χ4n) is 1.62. The van der Waals surface area contributed by atoms with Crippen LogP contribution in [0.1, 0.15) is 6.92 Å². The summed E-state index contributed by atoms with van der Waals surface area (Å²) in [6.07, 6.45) is 0. The molecular weight excluding hydrogens is 299 g/mol. The van der Waals surface area contributed by atoms with Gasteiger partial charge in [0.2, 0.25) is 5.91 Å². The number of amides is 1. The van der Waals surface area contributed by atoms with E-state index in [2.05, 4.69) is 5.32 Å². The molecule has 0 saturated heterocycles. The summed E-state index contributed by atoms with van der Waals surface area (Å²) < 4.78 is 39.3. The molecular formula is C15H12F3NOS. The van der Waals surface area contributed by atoms with Gasteiger partial charge in [0.05, 0.1) is 5.25 Å². The molecule has 21 heavy (non-hydrogen) atoms. The first kappa shape index (κ1) is 15.4. The summed E-state index contributed by atoms with van der Waals surface area (Å²) in [5, 5.41) is 1.92. The van der Waals surface area contributed by atoms with Gasteiger partial charge >= 0.3 is 0 Å². The van der Waals surface area contributed by atoms with Crippen molar-refractivity contribution in [1.82, 2.24) is 0 Å². The van der Waals surface area contributed by atoms with Gasteiger partial charge in [-0.05, 0) is 37.3 Å². The molecule has 2 aromatic carbocycles. The van der Waals surface area contributed by atoms with Gasteiger partial charge in [0, 0.05) is 16.6 Å². The predicted molar refractivity (Wildman–Crippen MR) is 76.7 cm³/mol. The molecule has 0 aliphatic heterocycles. The molecule has 1 atom stereocenters. The number of halogens is 3. The van der Waals surface area contributed by atoms with Gasteiger partial charge in [-0.1, -0.05) is 6.07 Å². The average molecular weight is 311 g/mol. The quantitative estimate of drug-likeness (QED) is 0.856. The normalized spacial score (nSPS) is 12.0. The molecule has 0 saturated carbocycles. The maximum atomic E-state index is 13.5. The average Bonchev–Trinajstić information content (AvgIpc) is 2.41. The van der Waals surface area contributed by atoms with Crippen LogP contribution in [0.15, 0.2) is 47.4 Å². The topological polar surface area (TPSA) is 29.1 Å². The summed E-state index contributed by atoms with van der Waals surface area (Å²) in [7, 11) is 0. The number of carbonyl (C=O) groups is 1. The van der Waals surface area contributed by atoms with Crippen molar-refractivity contribution in [3.8, 4) is 0 Å². The van der Waals surface area contributed by atoms with Crippen molar-refractivity contribution in [3.05, 3.63) is 59.9 Å². The molecule has 2 aromatic rings. The first-order valence-electron chi connectivity index (χ1n) is 6.14. The zero-order valence-electron chi connectivity index (χ0n) is 11.1. The van der Waals surface area contributed by atoms with Crippen molar-refractivity contribution in [2.75, 3.05) is 5.32 Å². The highest BCUT2D eigenvalue weighted by molar-refractivity contribution is 8.00. The van der Waals surface area contributed by atoms with Crippen LogP contribution in [0.4, 0.5) is 18.9 Å². The Morgan fingerprint density at radius 1 is 1.10 bits per heavy atom. The van der Waals surface area contributed by atoms with Crippen LogP contribution in [0.25, 0.3) is 0 Å². The maximum absolute atomic E-state index is 13.5. The molecule has 2 nitrogen and oxygen atoms in total. The number of thioether (sulfide) groups is 1. The van der Waals surface area contributed by atoms with Gasteiger partial charge in [0.25, 0.3) is 0 Å². The lowest BCUT2D eigenvalue weighted by atomic mass is 10.3. The van der Waals surface area contributed by atoms with Gasteiger partial charge in [0.15, 0.2) is 0 Å². The Morgan fingerprint density at radius 2 is 1.81 bits per heavy atom. The molecule has 6 heteroatoms. The van der Waals surface area contributed by atoms with Crippen LogP contribution in [-0.4, -0.2) is 11.2 Å². The van der Waals surface area contributed by atoms with E-state index in [9.17, 15) is 18.0 Å². The number of nitrogens with one attached hydrogen (secondary N) is 1. The highest BCUT2D eigenvalue weighted by atomic mass is 32.2. The zero-order valence-corrected chi connectivity index (χ0v) is 11.9. The predicted octanol–water partition coefficient (Wildman–Crippen LogP) is 4.22. The number of rotatable bonds is 4. The second-order valence-corrected chi connectivity index (χ2v) is 5.72. The van der Waals surface area contributed by atoms with Gasteiger partial charge in [-0.25, -0.2) is 13.2 Å². The molecule has 0 aromatic heterocycles. The summed E-state index contributed by atoms with van der Waals surface area (Å²) in [6.45, 7) is 1.59. The van der Waals surface area contributed by atoms with E-state index in [0.29, 0.717) is 5.69 Å². The van der Waals surface area contributed by atoms with Crippen LogP contribution in [0, 0.1) is 17.5 Å². The Morgan fingerprint density at radius 3 is 2.48 bits per heavy atom. The van der Waals surface area contributed by atoms with Crippen molar-refractivity contribution in [1.29, 1.82) is 0 Å². The van der Waals surface area contributed by atoms with E-state index in [-0.39, 0.29) is 4.90 Å². The third kappa shape index (κ3) is 4.26. The van der Waals surface area contributed by atoms with Crippen molar-refractivity contribution in [2.24, 2.45) is 0 Å². The lowest BCUT2D eigenvalue weighted by Crippen LogP contribution is -2.22. The minimum atomic E-state index is -0.717. The van der Waals surface area contributed by atoms with Crippen molar-refractivity contribution in [3.63, 3.8) is 0 Å². The standard InChI is InChI=1S/C15H12F3NOS/c1-9(21-14-6-5-11(17)8-13(14)18)15(20)19-12-4-2-3-10(16)7-12/h2-9H,1H3,(H,19,20)/t9-/m0/s1. The van der Waals surface area contributed by atoms with E-state index in [1.807, 2.05) is 0 Å². The Balaban J connectivity index is 2.02. The molecule has 0 bridgehead atoms. The molecule has 1 N–H and O–H groups in total. The molecule has 0 unspecified atom stereocenters. The minimum Gasteiger partial charge on any atom is -0.325 e. The number of hydrogen-bond acceptors (Lipinski definition) is 2. The van der Waals surface area contributed by atoms with Crippen LogP contribution in [-0.2, 0) is 4.79 Å². The van der Waals surface area contributed by atoms with Gasteiger partial charge < -0.3 is 5.32 Å². The fourth-order valence-corrected chi connectivity index (χ4v) is 2.49. The first-order valence-corrected chi connectivity index (χ1v) is 7.02. The summed E-state index contributed by atoms with van der Waals surface area (Å²) in [4.78, 5) is 12.1. The van der Waals surface area contributed by atoms with Crippen molar-refractivity contribution < 1.29 is 18.0 Å².